The van der Waals surface area contributed by atoms with Crippen LogP contribution in [0.1, 0.15) is 12.0 Å². The number of carbonyl (C=O) groups is 1. The van der Waals surface area contributed by atoms with Crippen molar-refractivity contribution in [2.75, 3.05) is 21.5 Å². The third kappa shape index (κ3) is 3.74. The highest BCUT2D eigenvalue weighted by atomic mass is 32.2. The summed E-state index contributed by atoms with van der Waals surface area (Å²) in [5.74, 6) is 0. The number of carbonyl (C=O) groups excluding carboxylic acids is 1. The van der Waals surface area contributed by atoms with Crippen LogP contribution in [0, 0.1) is 0 Å². The van der Waals surface area contributed by atoms with E-state index in [1.165, 1.54) is 15.6 Å². The third-order valence-corrected chi connectivity index (χ3v) is 7.12. The number of rotatable bonds is 4. The summed E-state index contributed by atoms with van der Waals surface area (Å²) >= 11 is 1.44. The van der Waals surface area contributed by atoms with E-state index in [0.717, 1.165) is 23.4 Å². The van der Waals surface area contributed by atoms with Crippen LogP contribution in [0.25, 0.3) is 0 Å². The van der Waals surface area contributed by atoms with Crippen LogP contribution in [0.15, 0.2) is 70.9 Å². The molecule has 0 atom stereocenters. The third-order valence-electron chi connectivity index (χ3n) is 4.50. The fraction of sp³-hybridized carbons (Fsp3) is 0.150. The van der Waals surface area contributed by atoms with E-state index in [2.05, 4.69) is 10.6 Å². The summed E-state index contributed by atoms with van der Waals surface area (Å²) in [6, 6.07) is 17.1. The molecular weight excluding hydrogens is 394 g/mol. The van der Waals surface area contributed by atoms with Crippen LogP contribution in [0.5, 0.6) is 0 Å². The molecule has 2 N–H and O–H groups in total. The fourth-order valence-electron chi connectivity index (χ4n) is 3.23. The highest BCUT2D eigenvalue weighted by Crippen LogP contribution is 2.33. The number of nitrogens with zero attached hydrogens (tertiary/aromatic N) is 1. The maximum Gasteiger partial charge on any atom is 0.324 e. The lowest BCUT2D eigenvalue weighted by Crippen LogP contribution is -2.35. The smallest absolute Gasteiger partial charge is 0.308 e. The average molecular weight is 414 g/mol. The van der Waals surface area contributed by atoms with E-state index >= 15 is 0 Å². The monoisotopic (exact) mass is 413 g/mol. The van der Waals surface area contributed by atoms with E-state index in [1.54, 1.807) is 42.5 Å². The quantitative estimate of drug-likeness (QED) is 0.659. The number of thiophene rings is 1. The van der Waals surface area contributed by atoms with Crippen LogP contribution in [-0.2, 0) is 16.4 Å². The number of amides is 2. The summed E-state index contributed by atoms with van der Waals surface area (Å²) in [6.07, 6.45) is 1.49. The van der Waals surface area contributed by atoms with Gasteiger partial charge in [0.05, 0.1) is 15.6 Å². The minimum absolute atomic E-state index is 0.278. The number of fused-ring (bicyclic) bond motifs is 1. The molecule has 1 aromatic heterocycles. The standard InChI is InChI=1S/C20H19N3O3S2/c24-20(22-19-9-5-13-27-19)21-16-10-11-18-15(14-16)6-4-12-23(18)28(25,26)17-7-2-1-3-8-17/h1-3,5,7-11,13-14H,4,6,12H2,(H2,21,22,24). The first-order chi connectivity index (χ1) is 13.5. The zero-order chi connectivity index (χ0) is 19.6. The Bertz CT molecular complexity index is 1080. The van der Waals surface area contributed by atoms with Gasteiger partial charge in [-0.05, 0) is 66.2 Å². The van der Waals surface area contributed by atoms with Crippen molar-refractivity contribution in [2.45, 2.75) is 17.7 Å². The molecule has 4 rings (SSSR count). The topological polar surface area (TPSA) is 78.5 Å². The van der Waals surface area contributed by atoms with Gasteiger partial charge in [-0.3, -0.25) is 9.62 Å². The van der Waals surface area contributed by atoms with Gasteiger partial charge in [0.2, 0.25) is 0 Å². The maximum atomic E-state index is 13.0. The van der Waals surface area contributed by atoms with Gasteiger partial charge in [-0.1, -0.05) is 18.2 Å². The zero-order valence-corrected chi connectivity index (χ0v) is 16.6. The van der Waals surface area contributed by atoms with Gasteiger partial charge in [0.25, 0.3) is 10.0 Å². The van der Waals surface area contributed by atoms with E-state index in [1.807, 2.05) is 23.6 Å². The Morgan fingerprint density at radius 2 is 1.82 bits per heavy atom. The Morgan fingerprint density at radius 3 is 2.57 bits per heavy atom. The molecule has 0 fully saturated rings. The lowest BCUT2D eigenvalue weighted by molar-refractivity contribution is 0.262. The first-order valence-corrected chi connectivity index (χ1v) is 11.2. The normalized spacial score (nSPS) is 13.6. The summed E-state index contributed by atoms with van der Waals surface area (Å²) in [5, 5.41) is 8.22. The molecule has 28 heavy (non-hydrogen) atoms. The van der Waals surface area contributed by atoms with Crippen LogP contribution >= 0.6 is 11.3 Å². The Hall–Kier alpha value is -2.84. The van der Waals surface area contributed by atoms with E-state index in [4.69, 9.17) is 0 Å². The van der Waals surface area contributed by atoms with Crippen LogP contribution in [0.3, 0.4) is 0 Å². The first-order valence-electron chi connectivity index (χ1n) is 8.86. The molecule has 144 valence electrons. The molecule has 2 aromatic carbocycles. The van der Waals surface area contributed by atoms with E-state index < -0.39 is 10.0 Å². The number of benzene rings is 2. The van der Waals surface area contributed by atoms with E-state index in [0.29, 0.717) is 17.9 Å². The summed E-state index contributed by atoms with van der Waals surface area (Å²) < 4.78 is 27.5. The Balaban J connectivity index is 1.57. The van der Waals surface area contributed by atoms with Crippen molar-refractivity contribution in [1.82, 2.24) is 0 Å². The van der Waals surface area contributed by atoms with Crippen molar-refractivity contribution in [3.8, 4) is 0 Å². The van der Waals surface area contributed by atoms with Crippen molar-refractivity contribution in [3.63, 3.8) is 0 Å². The van der Waals surface area contributed by atoms with Crippen LogP contribution in [0.4, 0.5) is 21.2 Å². The van der Waals surface area contributed by atoms with Gasteiger partial charge in [-0.15, -0.1) is 11.3 Å². The second-order valence-corrected chi connectivity index (χ2v) is 9.20. The van der Waals surface area contributed by atoms with Gasteiger partial charge in [0, 0.05) is 12.2 Å². The molecule has 2 amide bonds. The maximum absolute atomic E-state index is 13.0. The molecule has 0 aliphatic carbocycles. The number of hydrogen-bond acceptors (Lipinski definition) is 4. The lowest BCUT2D eigenvalue weighted by Gasteiger charge is -2.30. The summed E-state index contributed by atoms with van der Waals surface area (Å²) in [7, 11) is -3.61. The first kappa shape index (κ1) is 18.5. The largest absolute Gasteiger partial charge is 0.324 e. The summed E-state index contributed by atoms with van der Waals surface area (Å²) in [6.45, 7) is 0.440. The number of anilines is 3. The fourth-order valence-corrected chi connectivity index (χ4v) is 5.41. The van der Waals surface area contributed by atoms with Crippen LogP contribution in [-0.4, -0.2) is 21.0 Å². The molecule has 3 aromatic rings. The second kappa shape index (κ2) is 7.65. The highest BCUT2D eigenvalue weighted by molar-refractivity contribution is 7.92. The molecule has 0 spiro atoms. The van der Waals surface area contributed by atoms with Crippen LogP contribution < -0.4 is 14.9 Å². The molecular formula is C20H19N3O3S2. The minimum Gasteiger partial charge on any atom is -0.308 e. The second-order valence-electron chi connectivity index (χ2n) is 6.39. The van der Waals surface area contributed by atoms with Crippen molar-refractivity contribution in [3.05, 3.63) is 71.6 Å². The SMILES string of the molecule is O=C(Nc1ccc2c(c1)CCCN2S(=O)(=O)c1ccccc1)Nc1cccs1. The minimum atomic E-state index is -3.61. The molecule has 1 aliphatic heterocycles. The van der Waals surface area contributed by atoms with Gasteiger partial charge in [-0.25, -0.2) is 13.2 Å². The number of aryl methyl sites for hydroxylation is 1. The highest BCUT2D eigenvalue weighted by Gasteiger charge is 2.29. The average Bonchev–Trinajstić information content (AvgIpc) is 3.21. The van der Waals surface area contributed by atoms with Crippen LogP contribution in [0.2, 0.25) is 0 Å². The molecule has 0 saturated carbocycles. The molecule has 6 nitrogen and oxygen atoms in total. The van der Waals surface area contributed by atoms with Gasteiger partial charge in [-0.2, -0.15) is 0 Å². The lowest BCUT2D eigenvalue weighted by atomic mass is 10.0. The van der Waals surface area contributed by atoms with Crippen molar-refractivity contribution < 1.29 is 13.2 Å². The summed E-state index contributed by atoms with van der Waals surface area (Å²) in [4.78, 5) is 12.4. The molecule has 0 saturated heterocycles. The molecule has 8 heteroatoms. The zero-order valence-electron chi connectivity index (χ0n) is 15.0. The molecule has 0 bridgehead atoms. The predicted molar refractivity (Wildman–Crippen MR) is 113 cm³/mol. The molecule has 0 unspecified atom stereocenters. The Labute approximate surface area is 167 Å². The van der Waals surface area contributed by atoms with Gasteiger partial charge in [0.1, 0.15) is 0 Å². The van der Waals surface area contributed by atoms with E-state index in [-0.39, 0.29) is 10.9 Å². The van der Waals surface area contributed by atoms with E-state index in [9.17, 15) is 13.2 Å². The van der Waals surface area contributed by atoms with Gasteiger partial charge in [0.15, 0.2) is 0 Å². The van der Waals surface area contributed by atoms with Crippen molar-refractivity contribution >= 4 is 43.8 Å². The number of nitrogens with one attached hydrogen (secondary N) is 2. The number of urea groups is 1. The predicted octanol–water partition coefficient (Wildman–Crippen LogP) is 4.53. The Morgan fingerprint density at radius 1 is 1.00 bits per heavy atom. The van der Waals surface area contributed by atoms with Crippen molar-refractivity contribution in [2.24, 2.45) is 0 Å². The number of sulfonamides is 1. The van der Waals surface area contributed by atoms with Crippen molar-refractivity contribution in [1.29, 1.82) is 0 Å². The molecule has 2 heterocycles. The Kier molecular flexibility index (Phi) is 5.06. The molecule has 1 aliphatic rings. The van der Waals surface area contributed by atoms with Gasteiger partial charge >= 0.3 is 6.03 Å². The van der Waals surface area contributed by atoms with Gasteiger partial charge < -0.3 is 5.32 Å². The molecule has 0 radical (unpaired) electrons. The number of hydrogen-bond donors (Lipinski definition) is 2. The summed E-state index contributed by atoms with van der Waals surface area (Å²) in [5.41, 5.74) is 2.20.